The van der Waals surface area contributed by atoms with Crippen LogP contribution in [0.4, 0.5) is 0 Å². The second-order valence-corrected chi connectivity index (χ2v) is 9.53. The third kappa shape index (κ3) is 4.93. The first-order valence-corrected chi connectivity index (χ1v) is 11.0. The zero-order valence-corrected chi connectivity index (χ0v) is 18.8. The molecule has 0 aliphatic carbocycles. The number of nitrogens with zero attached hydrogens (tertiary/aromatic N) is 1. The second kappa shape index (κ2) is 9.18. The van der Waals surface area contributed by atoms with E-state index < -0.39 is 0 Å². The van der Waals surface area contributed by atoms with Gasteiger partial charge in [0, 0.05) is 23.0 Å². The Bertz CT molecular complexity index is 814. The van der Waals surface area contributed by atoms with Gasteiger partial charge < -0.3 is 19.7 Å². The molecule has 0 saturated carbocycles. The van der Waals surface area contributed by atoms with Gasteiger partial charge in [0.2, 0.25) is 5.91 Å². The van der Waals surface area contributed by atoms with Crippen molar-refractivity contribution in [1.29, 1.82) is 0 Å². The minimum Gasteiger partial charge on any atom is -0.497 e. The Hall–Kier alpha value is -2.05. The van der Waals surface area contributed by atoms with E-state index in [2.05, 4.69) is 43.6 Å². The lowest BCUT2D eigenvalue weighted by atomic mass is 9.86. The molecule has 1 fully saturated rings. The van der Waals surface area contributed by atoms with Gasteiger partial charge in [-0.2, -0.15) is 0 Å². The summed E-state index contributed by atoms with van der Waals surface area (Å²) in [5, 5.41) is 5.61. The zero-order chi connectivity index (χ0) is 21.0. The van der Waals surface area contributed by atoms with E-state index in [4.69, 9.17) is 9.47 Å². The topological polar surface area (TPSA) is 50.8 Å². The van der Waals surface area contributed by atoms with Crippen LogP contribution < -0.4 is 14.8 Å². The van der Waals surface area contributed by atoms with Crippen LogP contribution in [0.2, 0.25) is 0 Å². The third-order valence-electron chi connectivity index (χ3n) is 5.52. The molecular weight excluding hydrogens is 384 g/mol. The molecule has 0 bridgehead atoms. The predicted molar refractivity (Wildman–Crippen MR) is 118 cm³/mol. The van der Waals surface area contributed by atoms with E-state index in [1.807, 2.05) is 23.1 Å². The summed E-state index contributed by atoms with van der Waals surface area (Å²) in [6, 6.07) is 10.2. The molecular formula is C23H32N2O3S. The Morgan fingerprint density at radius 1 is 1.28 bits per heavy atom. The number of methoxy groups -OCH3 is 2. The maximum absolute atomic E-state index is 13.2. The van der Waals surface area contributed by atoms with E-state index in [-0.39, 0.29) is 23.4 Å². The number of ether oxygens (including phenoxy) is 2. The van der Waals surface area contributed by atoms with E-state index in [1.54, 1.807) is 25.6 Å². The summed E-state index contributed by atoms with van der Waals surface area (Å²) in [6.07, 6.45) is 1.92. The number of carbonyl (C=O) groups excluding carboxylic acids is 1. The fraction of sp³-hybridized carbons (Fsp3) is 0.522. The summed E-state index contributed by atoms with van der Waals surface area (Å²) in [7, 11) is 3.33. The Labute approximate surface area is 178 Å². The quantitative estimate of drug-likeness (QED) is 0.704. The minimum absolute atomic E-state index is 0.0178. The summed E-state index contributed by atoms with van der Waals surface area (Å²) >= 11 is 1.73. The standard InChI is InChI=1S/C23H32N2O3S/c1-23(2,3)22(20-9-7-13-29-20)24-15-21(26)25-12-6-8-18(25)17-14-16(27-4)10-11-19(17)28-5/h7,9-11,13-14,18,22,24H,6,8,12,15H2,1-5H3. The van der Waals surface area contributed by atoms with Crippen molar-refractivity contribution >= 4 is 17.2 Å². The molecule has 1 aliphatic rings. The molecule has 1 saturated heterocycles. The average Bonchev–Trinajstić information content (AvgIpc) is 3.38. The first-order chi connectivity index (χ1) is 13.8. The van der Waals surface area contributed by atoms with Gasteiger partial charge >= 0.3 is 0 Å². The molecule has 1 aliphatic heterocycles. The lowest BCUT2D eigenvalue weighted by Gasteiger charge is -2.32. The van der Waals surface area contributed by atoms with E-state index in [1.165, 1.54) is 4.88 Å². The Kier molecular flexibility index (Phi) is 6.85. The van der Waals surface area contributed by atoms with Gasteiger partial charge in [-0.3, -0.25) is 4.79 Å². The number of amides is 1. The SMILES string of the molecule is COc1ccc(OC)c(C2CCCN2C(=O)CNC(c2cccs2)C(C)(C)C)c1. The van der Waals surface area contributed by atoms with Crippen LogP contribution in [0.25, 0.3) is 0 Å². The van der Waals surface area contributed by atoms with Crippen molar-refractivity contribution < 1.29 is 14.3 Å². The molecule has 1 aromatic heterocycles. The first-order valence-electron chi connectivity index (χ1n) is 10.1. The fourth-order valence-corrected chi connectivity index (χ4v) is 5.11. The fourth-order valence-electron chi connectivity index (χ4n) is 4.07. The van der Waals surface area contributed by atoms with Gasteiger partial charge in [0.05, 0.1) is 26.8 Å². The van der Waals surface area contributed by atoms with Gasteiger partial charge in [-0.25, -0.2) is 0 Å². The molecule has 1 amide bonds. The lowest BCUT2D eigenvalue weighted by Crippen LogP contribution is -2.41. The molecule has 2 aromatic rings. The largest absolute Gasteiger partial charge is 0.497 e. The lowest BCUT2D eigenvalue weighted by molar-refractivity contribution is -0.131. The molecule has 2 unspecified atom stereocenters. The van der Waals surface area contributed by atoms with Crippen LogP contribution in [0.3, 0.4) is 0 Å². The van der Waals surface area contributed by atoms with E-state index in [9.17, 15) is 4.79 Å². The van der Waals surface area contributed by atoms with Gasteiger partial charge in [0.25, 0.3) is 0 Å². The smallest absolute Gasteiger partial charge is 0.237 e. The molecule has 6 heteroatoms. The van der Waals surface area contributed by atoms with Gasteiger partial charge in [-0.15, -0.1) is 11.3 Å². The van der Waals surface area contributed by atoms with Crippen LogP contribution in [0, 0.1) is 5.41 Å². The van der Waals surface area contributed by atoms with Crippen LogP contribution in [0.15, 0.2) is 35.7 Å². The summed E-state index contributed by atoms with van der Waals surface area (Å²) in [6.45, 7) is 7.70. The number of rotatable bonds is 7. The molecule has 158 valence electrons. The van der Waals surface area contributed by atoms with Gasteiger partial charge in [-0.05, 0) is 47.9 Å². The summed E-state index contributed by atoms with van der Waals surface area (Å²) < 4.78 is 11.0. The number of hydrogen-bond acceptors (Lipinski definition) is 5. The Balaban J connectivity index is 1.75. The van der Waals surface area contributed by atoms with Crippen molar-refractivity contribution in [2.24, 2.45) is 5.41 Å². The van der Waals surface area contributed by atoms with E-state index in [0.717, 1.165) is 36.4 Å². The molecule has 0 spiro atoms. The average molecular weight is 417 g/mol. The highest BCUT2D eigenvalue weighted by Crippen LogP contribution is 2.39. The van der Waals surface area contributed by atoms with Crippen molar-refractivity contribution in [3.8, 4) is 11.5 Å². The molecule has 2 heterocycles. The maximum atomic E-state index is 13.2. The molecule has 2 atom stereocenters. The van der Waals surface area contributed by atoms with Crippen molar-refractivity contribution in [3.63, 3.8) is 0 Å². The normalized spacial score (nSPS) is 18.0. The van der Waals surface area contributed by atoms with Crippen LogP contribution in [-0.2, 0) is 4.79 Å². The predicted octanol–water partition coefficient (Wildman–Crippen LogP) is 4.81. The highest BCUT2D eigenvalue weighted by Gasteiger charge is 2.33. The van der Waals surface area contributed by atoms with Crippen LogP contribution in [0.1, 0.15) is 56.1 Å². The van der Waals surface area contributed by atoms with Gasteiger partial charge in [0.15, 0.2) is 0 Å². The van der Waals surface area contributed by atoms with E-state index >= 15 is 0 Å². The van der Waals surface area contributed by atoms with Crippen molar-refractivity contribution in [2.45, 2.75) is 45.7 Å². The monoisotopic (exact) mass is 416 g/mol. The molecule has 29 heavy (non-hydrogen) atoms. The first kappa shape index (κ1) is 21.7. The number of benzene rings is 1. The van der Waals surface area contributed by atoms with Crippen molar-refractivity contribution in [2.75, 3.05) is 27.3 Å². The highest BCUT2D eigenvalue weighted by molar-refractivity contribution is 7.10. The van der Waals surface area contributed by atoms with Crippen molar-refractivity contribution in [1.82, 2.24) is 10.2 Å². The number of carbonyl (C=O) groups is 1. The molecule has 3 rings (SSSR count). The molecule has 5 nitrogen and oxygen atoms in total. The number of likely N-dealkylation sites (tertiary alicyclic amines) is 1. The van der Waals surface area contributed by atoms with Gasteiger partial charge in [0.1, 0.15) is 11.5 Å². The van der Waals surface area contributed by atoms with E-state index in [0.29, 0.717) is 6.54 Å². The van der Waals surface area contributed by atoms with Crippen molar-refractivity contribution in [3.05, 3.63) is 46.2 Å². The molecule has 0 radical (unpaired) electrons. The minimum atomic E-state index is 0.0178. The molecule has 1 N–H and O–H groups in total. The third-order valence-corrected chi connectivity index (χ3v) is 6.46. The highest BCUT2D eigenvalue weighted by atomic mass is 32.1. The van der Waals surface area contributed by atoms with Gasteiger partial charge in [-0.1, -0.05) is 26.8 Å². The second-order valence-electron chi connectivity index (χ2n) is 8.55. The Morgan fingerprint density at radius 2 is 2.07 bits per heavy atom. The maximum Gasteiger partial charge on any atom is 0.237 e. The molecule has 1 aromatic carbocycles. The number of hydrogen-bond donors (Lipinski definition) is 1. The summed E-state index contributed by atoms with van der Waals surface area (Å²) in [4.78, 5) is 16.4. The van der Waals surface area contributed by atoms with Crippen LogP contribution in [-0.4, -0.2) is 38.1 Å². The van der Waals surface area contributed by atoms with Crippen LogP contribution >= 0.6 is 11.3 Å². The summed E-state index contributed by atoms with van der Waals surface area (Å²) in [5.74, 6) is 1.71. The number of thiophene rings is 1. The zero-order valence-electron chi connectivity index (χ0n) is 18.0. The van der Waals surface area contributed by atoms with Crippen LogP contribution in [0.5, 0.6) is 11.5 Å². The summed E-state index contributed by atoms with van der Waals surface area (Å²) in [5.41, 5.74) is 1.04. The Morgan fingerprint density at radius 3 is 2.69 bits per heavy atom. The number of nitrogens with one attached hydrogen (secondary N) is 1.